The summed E-state index contributed by atoms with van der Waals surface area (Å²) in [7, 11) is 0. The van der Waals surface area contributed by atoms with Crippen molar-refractivity contribution in [2.45, 2.75) is 12.8 Å². The monoisotopic (exact) mass is 334 g/mol. The van der Waals surface area contributed by atoms with Crippen molar-refractivity contribution in [1.29, 1.82) is 0 Å². The number of aromatic nitrogens is 2. The predicted octanol–water partition coefficient (Wildman–Crippen LogP) is 4.55. The van der Waals surface area contributed by atoms with E-state index in [1.165, 1.54) is 0 Å². The summed E-state index contributed by atoms with van der Waals surface area (Å²) in [6.45, 7) is 0. The van der Waals surface area contributed by atoms with E-state index in [4.69, 9.17) is 28.3 Å². The second kappa shape index (κ2) is 5.99. The molecule has 6 heteroatoms. The summed E-state index contributed by atoms with van der Waals surface area (Å²) in [5.74, 6) is -0.862. The SMILES string of the molecule is O=C(O)CCc1c(-c2ccccn2)[nH]c2c(Cl)ccc(Cl)c12. The third-order valence-corrected chi connectivity index (χ3v) is 4.10. The van der Waals surface area contributed by atoms with Crippen molar-refractivity contribution in [3.05, 3.63) is 52.1 Å². The Balaban J connectivity index is 2.26. The van der Waals surface area contributed by atoms with Crippen molar-refractivity contribution < 1.29 is 9.90 Å². The summed E-state index contributed by atoms with van der Waals surface area (Å²) in [6.07, 6.45) is 2.04. The number of rotatable bonds is 4. The zero-order valence-electron chi connectivity index (χ0n) is 11.4. The molecule has 0 bridgehead atoms. The number of aromatic amines is 1. The van der Waals surface area contributed by atoms with Crippen LogP contribution in [-0.4, -0.2) is 21.0 Å². The van der Waals surface area contributed by atoms with Crippen molar-refractivity contribution in [3.63, 3.8) is 0 Å². The smallest absolute Gasteiger partial charge is 0.303 e. The van der Waals surface area contributed by atoms with Gasteiger partial charge in [0, 0.05) is 18.0 Å². The Morgan fingerprint density at radius 3 is 2.64 bits per heavy atom. The standard InChI is InChI=1S/C16H12Cl2N2O2/c17-10-5-6-11(18)16-14(10)9(4-7-13(21)22)15(20-16)12-3-1-2-8-19-12/h1-3,5-6,8,20H,4,7H2,(H,21,22). The molecule has 2 aromatic heterocycles. The first-order chi connectivity index (χ1) is 10.6. The van der Waals surface area contributed by atoms with Gasteiger partial charge in [0.25, 0.3) is 0 Å². The number of benzene rings is 1. The Morgan fingerprint density at radius 2 is 1.95 bits per heavy atom. The van der Waals surface area contributed by atoms with Crippen LogP contribution in [-0.2, 0) is 11.2 Å². The molecule has 0 radical (unpaired) electrons. The molecular weight excluding hydrogens is 323 g/mol. The third-order valence-electron chi connectivity index (χ3n) is 3.47. The summed E-state index contributed by atoms with van der Waals surface area (Å²) >= 11 is 12.5. The number of hydrogen-bond donors (Lipinski definition) is 2. The zero-order chi connectivity index (χ0) is 15.7. The number of pyridine rings is 1. The van der Waals surface area contributed by atoms with Gasteiger partial charge in [-0.05, 0) is 36.2 Å². The minimum atomic E-state index is -0.862. The molecule has 22 heavy (non-hydrogen) atoms. The maximum atomic E-state index is 10.9. The van der Waals surface area contributed by atoms with Gasteiger partial charge in [-0.3, -0.25) is 9.78 Å². The number of carboxylic acid groups (broad SMARTS) is 1. The Hall–Kier alpha value is -2.04. The molecule has 0 aliphatic carbocycles. The molecule has 4 nitrogen and oxygen atoms in total. The molecule has 3 aromatic rings. The normalized spacial score (nSPS) is 11.0. The van der Waals surface area contributed by atoms with Gasteiger partial charge < -0.3 is 10.1 Å². The van der Waals surface area contributed by atoms with Gasteiger partial charge in [0.2, 0.25) is 0 Å². The van der Waals surface area contributed by atoms with Gasteiger partial charge >= 0.3 is 5.97 Å². The molecule has 0 spiro atoms. The number of nitrogens with one attached hydrogen (secondary N) is 1. The summed E-state index contributed by atoms with van der Waals surface area (Å²) in [5, 5.41) is 10.8. The first-order valence-corrected chi connectivity index (χ1v) is 7.45. The maximum Gasteiger partial charge on any atom is 0.303 e. The van der Waals surface area contributed by atoms with Crippen LogP contribution in [0, 0.1) is 0 Å². The largest absolute Gasteiger partial charge is 0.481 e. The van der Waals surface area contributed by atoms with Gasteiger partial charge in [-0.25, -0.2) is 0 Å². The number of carboxylic acids is 1. The molecule has 0 saturated carbocycles. The minimum Gasteiger partial charge on any atom is -0.481 e. The van der Waals surface area contributed by atoms with Crippen molar-refractivity contribution in [2.75, 3.05) is 0 Å². The van der Waals surface area contributed by atoms with E-state index in [1.54, 1.807) is 18.3 Å². The topological polar surface area (TPSA) is 66.0 Å². The van der Waals surface area contributed by atoms with Gasteiger partial charge in [-0.15, -0.1) is 0 Å². The van der Waals surface area contributed by atoms with Crippen LogP contribution in [0.1, 0.15) is 12.0 Å². The van der Waals surface area contributed by atoms with Crippen LogP contribution in [0.3, 0.4) is 0 Å². The highest BCUT2D eigenvalue weighted by Gasteiger charge is 2.18. The molecule has 0 aliphatic rings. The fourth-order valence-electron chi connectivity index (χ4n) is 2.51. The second-order valence-electron chi connectivity index (χ2n) is 4.87. The number of aliphatic carboxylic acids is 1. The highest BCUT2D eigenvalue weighted by atomic mass is 35.5. The van der Waals surface area contributed by atoms with Crippen LogP contribution < -0.4 is 0 Å². The molecule has 0 atom stereocenters. The fourth-order valence-corrected chi connectivity index (χ4v) is 2.98. The first-order valence-electron chi connectivity index (χ1n) is 6.69. The van der Waals surface area contributed by atoms with Crippen molar-refractivity contribution >= 4 is 40.1 Å². The van der Waals surface area contributed by atoms with Crippen LogP contribution in [0.4, 0.5) is 0 Å². The van der Waals surface area contributed by atoms with Gasteiger partial charge in [0.15, 0.2) is 0 Å². The Kier molecular flexibility index (Phi) is 4.05. The van der Waals surface area contributed by atoms with Crippen molar-refractivity contribution in [3.8, 4) is 11.4 Å². The van der Waals surface area contributed by atoms with Gasteiger partial charge in [-0.1, -0.05) is 29.3 Å². The lowest BCUT2D eigenvalue weighted by atomic mass is 10.0. The number of nitrogens with zero attached hydrogens (tertiary/aromatic N) is 1. The number of H-pyrrole nitrogens is 1. The number of aryl methyl sites for hydroxylation is 1. The van der Waals surface area contributed by atoms with Crippen LogP contribution >= 0.6 is 23.2 Å². The summed E-state index contributed by atoms with van der Waals surface area (Å²) in [6, 6.07) is 8.98. The van der Waals surface area contributed by atoms with E-state index in [2.05, 4.69) is 9.97 Å². The van der Waals surface area contributed by atoms with E-state index in [-0.39, 0.29) is 6.42 Å². The summed E-state index contributed by atoms with van der Waals surface area (Å²) in [5.41, 5.74) is 3.01. The quantitative estimate of drug-likeness (QED) is 0.735. The molecule has 3 rings (SSSR count). The summed E-state index contributed by atoms with van der Waals surface area (Å²) < 4.78 is 0. The number of carbonyl (C=O) groups is 1. The second-order valence-corrected chi connectivity index (χ2v) is 5.68. The lowest BCUT2D eigenvalue weighted by molar-refractivity contribution is -0.136. The van der Waals surface area contributed by atoms with E-state index in [1.807, 2.05) is 18.2 Å². The molecule has 0 amide bonds. The van der Waals surface area contributed by atoms with E-state index in [0.717, 1.165) is 22.3 Å². The van der Waals surface area contributed by atoms with E-state index >= 15 is 0 Å². The molecule has 1 aromatic carbocycles. The number of fused-ring (bicyclic) bond motifs is 1. The molecular formula is C16H12Cl2N2O2. The van der Waals surface area contributed by atoms with Crippen LogP contribution in [0.25, 0.3) is 22.3 Å². The van der Waals surface area contributed by atoms with Crippen LogP contribution in [0.2, 0.25) is 10.0 Å². The Morgan fingerprint density at radius 1 is 1.18 bits per heavy atom. The zero-order valence-corrected chi connectivity index (χ0v) is 12.9. The molecule has 2 N–H and O–H groups in total. The van der Waals surface area contributed by atoms with Gasteiger partial charge in [-0.2, -0.15) is 0 Å². The van der Waals surface area contributed by atoms with Crippen LogP contribution in [0.15, 0.2) is 36.5 Å². The fraction of sp³-hybridized carbons (Fsp3) is 0.125. The van der Waals surface area contributed by atoms with E-state index in [9.17, 15) is 4.79 Å². The van der Waals surface area contributed by atoms with Gasteiger partial charge in [0.05, 0.1) is 26.9 Å². The third kappa shape index (κ3) is 2.67. The number of halogens is 2. The van der Waals surface area contributed by atoms with Crippen LogP contribution in [0.5, 0.6) is 0 Å². The Labute approximate surface area is 136 Å². The predicted molar refractivity (Wildman–Crippen MR) is 87.5 cm³/mol. The Bertz CT molecular complexity index is 844. The maximum absolute atomic E-state index is 10.9. The van der Waals surface area contributed by atoms with Gasteiger partial charge in [0.1, 0.15) is 0 Å². The summed E-state index contributed by atoms with van der Waals surface area (Å²) in [4.78, 5) is 18.5. The van der Waals surface area contributed by atoms with E-state index in [0.29, 0.717) is 22.0 Å². The highest BCUT2D eigenvalue weighted by molar-refractivity contribution is 6.40. The minimum absolute atomic E-state index is 0.00955. The molecule has 0 unspecified atom stereocenters. The molecule has 0 aliphatic heterocycles. The molecule has 112 valence electrons. The van der Waals surface area contributed by atoms with E-state index < -0.39 is 5.97 Å². The lowest BCUT2D eigenvalue weighted by Crippen LogP contribution is -1.98. The molecule has 2 heterocycles. The molecule has 0 fully saturated rings. The number of hydrogen-bond acceptors (Lipinski definition) is 2. The highest BCUT2D eigenvalue weighted by Crippen LogP contribution is 2.37. The first kappa shape index (κ1) is 14.9. The van der Waals surface area contributed by atoms with Crippen molar-refractivity contribution in [2.24, 2.45) is 0 Å². The lowest BCUT2D eigenvalue weighted by Gasteiger charge is -2.04. The average Bonchev–Trinajstić information content (AvgIpc) is 2.90. The average molecular weight is 335 g/mol. The van der Waals surface area contributed by atoms with Crippen molar-refractivity contribution in [1.82, 2.24) is 9.97 Å². The molecule has 0 saturated heterocycles.